The first-order valence-electron chi connectivity index (χ1n) is 3.32. The summed E-state index contributed by atoms with van der Waals surface area (Å²) in [6.07, 6.45) is 7.74. The van der Waals surface area contributed by atoms with Gasteiger partial charge in [0.1, 0.15) is 0 Å². The summed E-state index contributed by atoms with van der Waals surface area (Å²) in [6.45, 7) is 3.93. The van der Waals surface area contributed by atoms with Crippen LogP contribution in [0.3, 0.4) is 0 Å². The lowest BCUT2D eigenvalue weighted by atomic mass is 10.3. The molecule has 0 saturated heterocycles. The molecule has 0 aromatic carbocycles. The fourth-order valence-corrected chi connectivity index (χ4v) is 1.04. The topological polar surface area (TPSA) is 20.2 Å². The van der Waals surface area contributed by atoms with Crippen LogP contribution in [0.15, 0.2) is 23.6 Å². The van der Waals surface area contributed by atoms with E-state index in [2.05, 4.69) is 12.7 Å². The van der Waals surface area contributed by atoms with Gasteiger partial charge in [0, 0.05) is 11.5 Å². The van der Waals surface area contributed by atoms with E-state index in [-0.39, 0.29) is 6.61 Å². The van der Waals surface area contributed by atoms with Gasteiger partial charge in [-0.05, 0) is 19.1 Å². The quantitative estimate of drug-likeness (QED) is 0.489. The first-order chi connectivity index (χ1) is 4.85. The van der Waals surface area contributed by atoms with E-state index in [0.717, 1.165) is 12.8 Å². The Balaban J connectivity index is 3.53. The third kappa shape index (κ3) is 4.65. The van der Waals surface area contributed by atoms with Crippen molar-refractivity contribution in [3.63, 3.8) is 0 Å². The highest BCUT2D eigenvalue weighted by atomic mass is 32.2. The number of hydrogen-bond donors (Lipinski definition) is 1. The molecular weight excluding hydrogens is 144 g/mol. The number of thioether (sulfide) groups is 1. The molecule has 0 atom stereocenters. The van der Waals surface area contributed by atoms with E-state index < -0.39 is 0 Å². The Hall–Kier alpha value is -0.210. The molecule has 0 aromatic rings. The standard InChI is InChI=1S/C8H14OS/c1-3-8(10-2)6-4-5-7-9/h3,6,9H,1,4-5,7H2,2H3/b8-6+. The molecule has 0 unspecified atom stereocenters. The predicted molar refractivity (Wildman–Crippen MR) is 48.1 cm³/mol. The van der Waals surface area contributed by atoms with Crippen molar-refractivity contribution in [2.45, 2.75) is 12.8 Å². The zero-order valence-corrected chi connectivity index (χ0v) is 7.16. The van der Waals surface area contributed by atoms with Gasteiger partial charge in [0.05, 0.1) is 0 Å². The number of unbranched alkanes of at least 4 members (excludes halogenated alkanes) is 1. The zero-order valence-electron chi connectivity index (χ0n) is 6.34. The van der Waals surface area contributed by atoms with Crippen LogP contribution in [0.25, 0.3) is 0 Å². The number of allylic oxidation sites excluding steroid dienone is 2. The van der Waals surface area contributed by atoms with Gasteiger partial charge >= 0.3 is 0 Å². The Morgan fingerprint density at radius 1 is 1.70 bits per heavy atom. The van der Waals surface area contributed by atoms with Gasteiger partial charge in [-0.2, -0.15) is 0 Å². The van der Waals surface area contributed by atoms with E-state index in [1.54, 1.807) is 11.8 Å². The molecule has 2 heteroatoms. The zero-order chi connectivity index (χ0) is 7.82. The van der Waals surface area contributed by atoms with Crippen LogP contribution < -0.4 is 0 Å². The molecule has 0 spiro atoms. The summed E-state index contributed by atoms with van der Waals surface area (Å²) in [5.74, 6) is 0. The molecule has 0 amide bonds. The van der Waals surface area contributed by atoms with Gasteiger partial charge in [-0.3, -0.25) is 0 Å². The minimum Gasteiger partial charge on any atom is -0.396 e. The molecule has 0 aliphatic heterocycles. The molecule has 0 fully saturated rings. The van der Waals surface area contributed by atoms with Crippen molar-refractivity contribution in [3.05, 3.63) is 23.6 Å². The van der Waals surface area contributed by atoms with Gasteiger partial charge < -0.3 is 5.11 Å². The SMILES string of the molecule is C=C/C(=C\CCCO)SC. The van der Waals surface area contributed by atoms with Crippen LogP contribution in [-0.4, -0.2) is 18.0 Å². The molecule has 0 aromatic heterocycles. The number of hydrogen-bond acceptors (Lipinski definition) is 2. The lowest BCUT2D eigenvalue weighted by Gasteiger charge is -1.94. The van der Waals surface area contributed by atoms with Crippen LogP contribution in [-0.2, 0) is 0 Å². The Bertz CT molecular complexity index is 118. The molecule has 1 nitrogen and oxygen atoms in total. The Morgan fingerprint density at radius 2 is 2.40 bits per heavy atom. The molecule has 10 heavy (non-hydrogen) atoms. The van der Waals surface area contributed by atoms with Crippen molar-refractivity contribution in [2.24, 2.45) is 0 Å². The summed E-state index contributed by atoms with van der Waals surface area (Å²) < 4.78 is 0. The van der Waals surface area contributed by atoms with Crippen molar-refractivity contribution in [1.29, 1.82) is 0 Å². The summed E-state index contributed by atoms with van der Waals surface area (Å²) in [5, 5.41) is 8.46. The molecule has 0 heterocycles. The summed E-state index contributed by atoms with van der Waals surface area (Å²) in [6, 6.07) is 0. The minimum atomic E-state index is 0.273. The van der Waals surface area contributed by atoms with E-state index in [0.29, 0.717) is 0 Å². The second-order valence-corrected chi connectivity index (χ2v) is 2.76. The minimum absolute atomic E-state index is 0.273. The van der Waals surface area contributed by atoms with Gasteiger partial charge in [-0.15, -0.1) is 11.8 Å². The van der Waals surface area contributed by atoms with Crippen LogP contribution in [0.4, 0.5) is 0 Å². The molecule has 0 aliphatic rings. The first kappa shape index (κ1) is 9.79. The predicted octanol–water partition coefficient (Wildman–Crippen LogP) is 2.19. The third-order valence-electron chi connectivity index (χ3n) is 1.14. The molecule has 58 valence electrons. The fourth-order valence-electron chi connectivity index (χ4n) is 0.586. The normalized spacial score (nSPS) is 11.6. The largest absolute Gasteiger partial charge is 0.396 e. The molecular formula is C8H14OS. The van der Waals surface area contributed by atoms with Gasteiger partial charge in [-0.1, -0.05) is 18.7 Å². The van der Waals surface area contributed by atoms with Crippen molar-refractivity contribution >= 4 is 11.8 Å². The van der Waals surface area contributed by atoms with Crippen molar-refractivity contribution in [2.75, 3.05) is 12.9 Å². The van der Waals surface area contributed by atoms with E-state index in [1.807, 2.05) is 12.3 Å². The maximum absolute atomic E-state index is 8.46. The Morgan fingerprint density at radius 3 is 2.80 bits per heavy atom. The Kier molecular flexibility index (Phi) is 6.76. The molecule has 1 N–H and O–H groups in total. The second kappa shape index (κ2) is 6.90. The molecule has 0 radical (unpaired) electrons. The van der Waals surface area contributed by atoms with E-state index in [1.165, 1.54) is 4.91 Å². The van der Waals surface area contributed by atoms with Gasteiger partial charge in [0.15, 0.2) is 0 Å². The lowest BCUT2D eigenvalue weighted by molar-refractivity contribution is 0.289. The average molecular weight is 158 g/mol. The van der Waals surface area contributed by atoms with Gasteiger partial charge in [-0.25, -0.2) is 0 Å². The van der Waals surface area contributed by atoms with Crippen LogP contribution >= 0.6 is 11.8 Å². The number of aliphatic hydroxyl groups excluding tert-OH is 1. The maximum atomic E-state index is 8.46. The van der Waals surface area contributed by atoms with E-state index in [4.69, 9.17) is 5.11 Å². The first-order valence-corrected chi connectivity index (χ1v) is 4.55. The summed E-state index contributed by atoms with van der Waals surface area (Å²) in [4.78, 5) is 1.19. The van der Waals surface area contributed by atoms with E-state index >= 15 is 0 Å². The summed E-state index contributed by atoms with van der Waals surface area (Å²) in [5.41, 5.74) is 0. The van der Waals surface area contributed by atoms with Crippen LogP contribution in [0.2, 0.25) is 0 Å². The summed E-state index contributed by atoms with van der Waals surface area (Å²) >= 11 is 1.68. The lowest BCUT2D eigenvalue weighted by Crippen LogP contribution is -1.79. The second-order valence-electron chi connectivity index (χ2n) is 1.88. The van der Waals surface area contributed by atoms with Gasteiger partial charge in [0.2, 0.25) is 0 Å². The van der Waals surface area contributed by atoms with Crippen LogP contribution in [0.5, 0.6) is 0 Å². The van der Waals surface area contributed by atoms with E-state index in [9.17, 15) is 0 Å². The smallest absolute Gasteiger partial charge is 0.0433 e. The van der Waals surface area contributed by atoms with Crippen LogP contribution in [0, 0.1) is 0 Å². The average Bonchev–Trinajstić information content (AvgIpc) is 1.99. The maximum Gasteiger partial charge on any atom is 0.0433 e. The fraction of sp³-hybridized carbons (Fsp3) is 0.500. The third-order valence-corrected chi connectivity index (χ3v) is 1.95. The molecule has 0 bridgehead atoms. The Labute approximate surface area is 66.8 Å². The van der Waals surface area contributed by atoms with Crippen molar-refractivity contribution < 1.29 is 5.11 Å². The summed E-state index contributed by atoms with van der Waals surface area (Å²) in [7, 11) is 0. The number of aliphatic hydroxyl groups is 1. The van der Waals surface area contributed by atoms with Crippen molar-refractivity contribution in [3.8, 4) is 0 Å². The van der Waals surface area contributed by atoms with Crippen molar-refractivity contribution in [1.82, 2.24) is 0 Å². The highest BCUT2D eigenvalue weighted by Gasteiger charge is 1.85. The van der Waals surface area contributed by atoms with Crippen LogP contribution in [0.1, 0.15) is 12.8 Å². The van der Waals surface area contributed by atoms with Gasteiger partial charge in [0.25, 0.3) is 0 Å². The number of rotatable bonds is 5. The molecule has 0 aliphatic carbocycles. The monoisotopic (exact) mass is 158 g/mol. The highest BCUT2D eigenvalue weighted by molar-refractivity contribution is 8.02. The highest BCUT2D eigenvalue weighted by Crippen LogP contribution is 2.12. The molecule has 0 saturated carbocycles. The molecule has 0 rings (SSSR count).